The van der Waals surface area contributed by atoms with Crippen molar-refractivity contribution in [3.8, 4) is 11.8 Å². The van der Waals surface area contributed by atoms with Crippen molar-refractivity contribution in [2.24, 2.45) is 0 Å². The van der Waals surface area contributed by atoms with Gasteiger partial charge < -0.3 is 9.47 Å². The van der Waals surface area contributed by atoms with Crippen molar-refractivity contribution in [3.05, 3.63) is 64.7 Å². The van der Waals surface area contributed by atoms with Crippen molar-refractivity contribution < 1.29 is 14.3 Å². The zero-order valence-electron chi connectivity index (χ0n) is 13.3. The molecule has 4 nitrogen and oxygen atoms in total. The van der Waals surface area contributed by atoms with Crippen LogP contribution in [0.3, 0.4) is 0 Å². The molecule has 0 aliphatic carbocycles. The van der Waals surface area contributed by atoms with Crippen LogP contribution in [0.15, 0.2) is 42.5 Å². The van der Waals surface area contributed by atoms with Crippen molar-refractivity contribution in [3.63, 3.8) is 0 Å². The first kappa shape index (κ1) is 16.6. The molecule has 2 aromatic rings. The fourth-order valence-electron chi connectivity index (χ4n) is 2.09. The third kappa shape index (κ3) is 4.86. The number of hydrogen-bond donors (Lipinski definition) is 0. The predicted molar refractivity (Wildman–Crippen MR) is 87.0 cm³/mol. The Morgan fingerprint density at radius 2 is 1.96 bits per heavy atom. The van der Waals surface area contributed by atoms with Crippen molar-refractivity contribution in [1.82, 2.24) is 0 Å². The molecule has 0 N–H and O–H groups in total. The molecule has 0 saturated carbocycles. The number of benzene rings is 2. The molecule has 2 aromatic carbocycles. The Morgan fingerprint density at radius 1 is 1.17 bits per heavy atom. The smallest absolute Gasteiger partial charge is 0.309 e. The molecule has 0 aromatic heterocycles. The summed E-state index contributed by atoms with van der Waals surface area (Å²) < 4.78 is 10.8. The third-order valence-corrected chi connectivity index (χ3v) is 3.43. The van der Waals surface area contributed by atoms with E-state index in [1.54, 1.807) is 18.2 Å². The summed E-state index contributed by atoms with van der Waals surface area (Å²) in [6.45, 7) is 4.33. The van der Waals surface area contributed by atoms with E-state index in [9.17, 15) is 4.79 Å². The van der Waals surface area contributed by atoms with Crippen LogP contribution in [0.1, 0.15) is 28.7 Å². The molecule has 0 aliphatic rings. The summed E-state index contributed by atoms with van der Waals surface area (Å²) in [6, 6.07) is 15.1. The Bertz CT molecular complexity index is 732. The predicted octanol–water partition coefficient (Wildman–Crippen LogP) is 3.69. The summed E-state index contributed by atoms with van der Waals surface area (Å²) in [5, 5.41) is 8.99. The van der Waals surface area contributed by atoms with E-state index in [1.807, 2.05) is 38.1 Å². The van der Waals surface area contributed by atoms with Crippen molar-refractivity contribution in [1.29, 1.82) is 5.26 Å². The molecule has 0 heterocycles. The molecule has 4 heteroatoms. The number of ether oxygens (including phenoxy) is 2. The first-order valence-electron chi connectivity index (χ1n) is 7.44. The minimum atomic E-state index is -0.344. The second-order valence-electron chi connectivity index (χ2n) is 5.30. The van der Waals surface area contributed by atoms with Gasteiger partial charge in [0.25, 0.3) is 0 Å². The van der Waals surface area contributed by atoms with Crippen LogP contribution < -0.4 is 4.74 Å². The van der Waals surface area contributed by atoms with E-state index in [4.69, 9.17) is 14.7 Å². The number of carbonyl (C=O) groups excluding carboxylic acids is 1. The number of rotatable bonds is 6. The fourth-order valence-corrected chi connectivity index (χ4v) is 2.09. The molecule has 0 aliphatic heterocycles. The monoisotopic (exact) mass is 309 g/mol. The zero-order valence-corrected chi connectivity index (χ0v) is 13.3. The molecule has 0 fully saturated rings. The summed E-state index contributed by atoms with van der Waals surface area (Å²) in [4.78, 5) is 11.8. The summed E-state index contributed by atoms with van der Waals surface area (Å²) in [7, 11) is 0. The van der Waals surface area contributed by atoms with Gasteiger partial charge in [0.1, 0.15) is 12.4 Å². The maximum atomic E-state index is 11.8. The van der Waals surface area contributed by atoms with Crippen LogP contribution in [-0.2, 0) is 16.1 Å². The molecular formula is C19H19NO3. The van der Waals surface area contributed by atoms with Crippen LogP contribution in [0.2, 0.25) is 0 Å². The highest BCUT2D eigenvalue weighted by Gasteiger charge is 2.07. The standard InChI is InChI=1S/C19H19NO3/c1-14-7-8-15(2)18(11-14)22-10-9-19(21)23-13-17-6-4-3-5-16(17)12-20/h3-8,11H,9-10,13H2,1-2H3. The minimum Gasteiger partial charge on any atom is -0.493 e. The van der Waals surface area contributed by atoms with Gasteiger partial charge in [-0.2, -0.15) is 5.26 Å². The number of aryl methyl sites for hydroxylation is 2. The number of hydrogen-bond acceptors (Lipinski definition) is 4. The third-order valence-electron chi connectivity index (χ3n) is 3.43. The number of esters is 1. The van der Waals surface area contributed by atoms with Crippen LogP contribution in [0.25, 0.3) is 0 Å². The van der Waals surface area contributed by atoms with Gasteiger partial charge in [0, 0.05) is 5.56 Å². The Morgan fingerprint density at radius 3 is 2.74 bits per heavy atom. The van der Waals surface area contributed by atoms with Gasteiger partial charge in [0.2, 0.25) is 0 Å². The molecule has 118 valence electrons. The van der Waals surface area contributed by atoms with E-state index in [0.29, 0.717) is 11.1 Å². The Kier molecular flexibility index (Phi) is 5.76. The summed E-state index contributed by atoms with van der Waals surface area (Å²) in [5.74, 6) is 0.440. The second kappa shape index (κ2) is 8.00. The van der Waals surface area contributed by atoms with E-state index in [2.05, 4.69) is 6.07 Å². The summed E-state index contributed by atoms with van der Waals surface area (Å²) >= 11 is 0. The van der Waals surface area contributed by atoms with Crippen molar-refractivity contribution in [2.45, 2.75) is 26.9 Å². The first-order chi connectivity index (χ1) is 11.1. The van der Waals surface area contributed by atoms with E-state index < -0.39 is 0 Å². The van der Waals surface area contributed by atoms with E-state index in [-0.39, 0.29) is 25.6 Å². The van der Waals surface area contributed by atoms with Crippen LogP contribution in [0.4, 0.5) is 0 Å². The normalized spacial score (nSPS) is 9.96. The molecule has 2 rings (SSSR count). The fraction of sp³-hybridized carbons (Fsp3) is 0.263. The Labute approximate surface area is 136 Å². The highest BCUT2D eigenvalue weighted by atomic mass is 16.5. The molecule has 0 unspecified atom stereocenters. The molecule has 0 bridgehead atoms. The second-order valence-corrected chi connectivity index (χ2v) is 5.30. The number of carbonyl (C=O) groups is 1. The maximum absolute atomic E-state index is 11.8. The van der Waals surface area contributed by atoms with Gasteiger partial charge in [0.05, 0.1) is 24.7 Å². The lowest BCUT2D eigenvalue weighted by atomic mass is 10.1. The average molecular weight is 309 g/mol. The Balaban J connectivity index is 1.79. The van der Waals surface area contributed by atoms with Crippen LogP contribution in [0.5, 0.6) is 5.75 Å². The highest BCUT2D eigenvalue weighted by molar-refractivity contribution is 5.69. The number of nitrogens with zero attached hydrogens (tertiary/aromatic N) is 1. The zero-order chi connectivity index (χ0) is 16.7. The molecule has 0 spiro atoms. The molecule has 0 radical (unpaired) electrons. The SMILES string of the molecule is Cc1ccc(C)c(OCCC(=O)OCc2ccccc2C#N)c1. The van der Waals surface area contributed by atoms with Crippen LogP contribution in [0, 0.1) is 25.2 Å². The van der Waals surface area contributed by atoms with Gasteiger partial charge >= 0.3 is 5.97 Å². The van der Waals surface area contributed by atoms with Gasteiger partial charge in [-0.3, -0.25) is 4.79 Å². The largest absolute Gasteiger partial charge is 0.493 e. The van der Waals surface area contributed by atoms with E-state index in [0.717, 1.165) is 16.9 Å². The van der Waals surface area contributed by atoms with Crippen LogP contribution in [-0.4, -0.2) is 12.6 Å². The topological polar surface area (TPSA) is 59.3 Å². The molecular weight excluding hydrogens is 290 g/mol. The lowest BCUT2D eigenvalue weighted by molar-refractivity contribution is -0.145. The summed E-state index contributed by atoms with van der Waals surface area (Å²) in [5.41, 5.74) is 3.37. The molecule has 0 atom stereocenters. The van der Waals surface area contributed by atoms with Gasteiger partial charge in [-0.25, -0.2) is 0 Å². The van der Waals surface area contributed by atoms with Gasteiger partial charge in [-0.05, 0) is 37.1 Å². The van der Waals surface area contributed by atoms with E-state index in [1.165, 1.54) is 0 Å². The highest BCUT2D eigenvalue weighted by Crippen LogP contribution is 2.19. The first-order valence-corrected chi connectivity index (χ1v) is 7.44. The minimum absolute atomic E-state index is 0.103. The quantitative estimate of drug-likeness (QED) is 0.764. The maximum Gasteiger partial charge on any atom is 0.309 e. The average Bonchev–Trinajstić information content (AvgIpc) is 2.56. The molecule has 0 saturated heterocycles. The molecule has 23 heavy (non-hydrogen) atoms. The van der Waals surface area contributed by atoms with Gasteiger partial charge in [-0.1, -0.05) is 30.3 Å². The van der Waals surface area contributed by atoms with Gasteiger partial charge in [0.15, 0.2) is 0 Å². The van der Waals surface area contributed by atoms with Crippen molar-refractivity contribution >= 4 is 5.97 Å². The molecule has 0 amide bonds. The van der Waals surface area contributed by atoms with Gasteiger partial charge in [-0.15, -0.1) is 0 Å². The van der Waals surface area contributed by atoms with E-state index >= 15 is 0 Å². The Hall–Kier alpha value is -2.80. The van der Waals surface area contributed by atoms with Crippen LogP contribution >= 0.6 is 0 Å². The summed E-state index contributed by atoms with van der Waals surface area (Å²) in [6.07, 6.45) is 0.169. The van der Waals surface area contributed by atoms with Crippen molar-refractivity contribution in [2.75, 3.05) is 6.61 Å². The lowest BCUT2D eigenvalue weighted by Crippen LogP contribution is -2.10. The number of nitriles is 1. The lowest BCUT2D eigenvalue weighted by Gasteiger charge is -2.10.